The van der Waals surface area contributed by atoms with Crippen molar-refractivity contribution in [3.05, 3.63) is 206 Å². The highest BCUT2D eigenvalue weighted by Crippen LogP contribution is 2.71. The van der Waals surface area contributed by atoms with Gasteiger partial charge in [-0.15, -0.1) is 0 Å². The molecule has 0 radical (unpaired) electrons. The molecule has 0 bridgehead atoms. The van der Waals surface area contributed by atoms with Crippen LogP contribution in [0.1, 0.15) is 0 Å². The largest absolute Gasteiger partial charge is 0.452 e. The van der Waals surface area contributed by atoms with E-state index in [1.54, 1.807) is 0 Å². The highest BCUT2D eigenvalue weighted by atomic mass is 32.4. The lowest BCUT2D eigenvalue weighted by Crippen LogP contribution is -2.48. The van der Waals surface area contributed by atoms with Crippen LogP contribution in [0.3, 0.4) is 0 Å². The van der Waals surface area contributed by atoms with Crippen LogP contribution in [0.15, 0.2) is 206 Å². The molecule has 13 rings (SSSR count). The second-order valence-electron chi connectivity index (χ2n) is 15.7. The van der Waals surface area contributed by atoms with Crippen molar-refractivity contribution in [1.29, 1.82) is 0 Å². The Morgan fingerprint density at radius 1 is 0.350 bits per heavy atom. The van der Waals surface area contributed by atoms with E-state index in [9.17, 15) is 0 Å². The van der Waals surface area contributed by atoms with E-state index in [4.69, 9.17) is 16.5 Å². The molecule has 0 saturated carbocycles. The average molecular weight is 804 g/mol. The minimum Gasteiger partial charge on any atom is -0.452 e. The Hall–Kier alpha value is -7.17. The van der Waals surface area contributed by atoms with Crippen LogP contribution in [0.25, 0.3) is 33.4 Å². The average Bonchev–Trinajstić information content (AvgIpc) is 3.31. The van der Waals surface area contributed by atoms with Crippen molar-refractivity contribution in [3.8, 4) is 44.9 Å². The maximum atomic E-state index is 7.63. The summed E-state index contributed by atoms with van der Waals surface area (Å²) in [5.41, 5.74) is 16.4. The van der Waals surface area contributed by atoms with E-state index in [-0.39, 0.29) is 0 Å². The van der Waals surface area contributed by atoms with Crippen LogP contribution in [0.4, 0.5) is 51.2 Å². The summed E-state index contributed by atoms with van der Waals surface area (Å²) in [5, 5.41) is 3.58. The van der Waals surface area contributed by atoms with Gasteiger partial charge in [0.25, 0.3) is 0 Å². The first kappa shape index (κ1) is 33.8. The third kappa shape index (κ3) is 4.59. The van der Waals surface area contributed by atoms with Gasteiger partial charge in [0.05, 0.1) is 40.2 Å². The lowest BCUT2D eigenvalue weighted by molar-refractivity contribution is 0.479. The second kappa shape index (κ2) is 12.7. The summed E-state index contributed by atoms with van der Waals surface area (Å²) >= 11 is 7.63. The monoisotopic (exact) mass is 803 g/mol. The van der Waals surface area contributed by atoms with Gasteiger partial charge in [0, 0.05) is 32.9 Å². The van der Waals surface area contributed by atoms with Crippen LogP contribution in [0, 0.1) is 0 Å². The molecule has 0 saturated heterocycles. The summed E-state index contributed by atoms with van der Waals surface area (Å²) in [4.78, 5) is 7.45. The summed E-state index contributed by atoms with van der Waals surface area (Å²) < 4.78 is 7.20. The van der Waals surface area contributed by atoms with Crippen LogP contribution in [0.2, 0.25) is 0 Å². The molecule has 1 atom stereocenters. The molecule has 4 nitrogen and oxygen atoms in total. The van der Waals surface area contributed by atoms with Crippen molar-refractivity contribution >= 4 is 84.9 Å². The number of hydrogen-bond donors (Lipinski definition) is 0. The first-order valence-corrected chi connectivity index (χ1v) is 23.1. The Kier molecular flexibility index (Phi) is 7.13. The standard InChI is InChI=1S/C54H34N3OPS/c60-59-52-44-30-38(35-18-6-1-7-19-35)31-45(52)56(41-26-14-5-15-27-41)48-34-42(37-22-10-3-11-23-37)51-50(54(48)59)57(43-28-16-17-29-49(43)58-51)47-33-39(36-20-8-2-9-21-36)32-46(53(47)59)55(44)40-24-12-4-13-25-40/h1-34H. The van der Waals surface area contributed by atoms with Gasteiger partial charge in [-0.1, -0.05) is 151 Å². The van der Waals surface area contributed by atoms with Gasteiger partial charge in [-0.3, -0.25) is 0 Å². The molecule has 60 heavy (non-hydrogen) atoms. The zero-order chi connectivity index (χ0) is 39.5. The Labute approximate surface area is 353 Å². The molecule has 282 valence electrons. The highest BCUT2D eigenvalue weighted by molar-refractivity contribution is 8.26. The molecule has 9 aromatic carbocycles. The minimum absolute atomic E-state index is 0.816. The van der Waals surface area contributed by atoms with E-state index in [2.05, 4.69) is 221 Å². The smallest absolute Gasteiger partial charge is 0.160 e. The zero-order valence-electron chi connectivity index (χ0n) is 32.2. The van der Waals surface area contributed by atoms with Crippen LogP contribution in [-0.4, -0.2) is 0 Å². The molecule has 4 aliphatic heterocycles. The summed E-state index contributed by atoms with van der Waals surface area (Å²) in [6.45, 7) is 0. The zero-order valence-corrected chi connectivity index (χ0v) is 33.9. The fourth-order valence-electron chi connectivity index (χ4n) is 9.90. The molecule has 0 fully saturated rings. The van der Waals surface area contributed by atoms with E-state index < -0.39 is 6.04 Å². The van der Waals surface area contributed by atoms with Crippen molar-refractivity contribution in [1.82, 2.24) is 0 Å². The second-order valence-corrected chi connectivity index (χ2v) is 19.9. The highest BCUT2D eigenvalue weighted by Gasteiger charge is 2.54. The molecule has 0 aliphatic carbocycles. The Morgan fingerprint density at radius 2 is 0.750 bits per heavy atom. The van der Waals surface area contributed by atoms with Gasteiger partial charge < -0.3 is 19.4 Å². The topological polar surface area (TPSA) is 19.0 Å². The molecule has 6 heteroatoms. The SMILES string of the molecule is S=P12c3c4cc(-c5ccccc5)cc3N(c3ccccc3)c3cc(-c5ccccc5)c5c(c31)N(c1ccccc1O5)c1cc(-c3ccccc3)cc(c12)N4c1ccccc1. The summed E-state index contributed by atoms with van der Waals surface area (Å²) in [5.74, 6) is 1.65. The van der Waals surface area contributed by atoms with E-state index >= 15 is 0 Å². The molecule has 9 aromatic rings. The number of fused-ring (bicyclic) bond motifs is 3. The molecule has 4 heterocycles. The first-order valence-electron chi connectivity index (χ1n) is 20.3. The number of anilines is 9. The van der Waals surface area contributed by atoms with E-state index in [1.807, 2.05) is 0 Å². The first-order chi connectivity index (χ1) is 29.7. The van der Waals surface area contributed by atoms with Gasteiger partial charge >= 0.3 is 0 Å². The van der Waals surface area contributed by atoms with Crippen molar-refractivity contribution in [2.24, 2.45) is 0 Å². The van der Waals surface area contributed by atoms with Gasteiger partial charge in [0.15, 0.2) is 11.5 Å². The molecule has 0 amide bonds. The van der Waals surface area contributed by atoms with Crippen LogP contribution < -0.4 is 35.4 Å². The van der Waals surface area contributed by atoms with Crippen molar-refractivity contribution < 1.29 is 4.74 Å². The lowest BCUT2D eigenvalue weighted by atomic mass is 9.96. The van der Waals surface area contributed by atoms with Crippen molar-refractivity contribution in [2.45, 2.75) is 0 Å². The van der Waals surface area contributed by atoms with Gasteiger partial charge in [-0.2, -0.15) is 0 Å². The summed E-state index contributed by atoms with van der Waals surface area (Å²) in [7, 11) is 0. The van der Waals surface area contributed by atoms with E-state index in [0.717, 1.165) is 96.1 Å². The number of rotatable bonds is 5. The number of ether oxygens (including phenoxy) is 1. The van der Waals surface area contributed by atoms with Gasteiger partial charge in [-0.25, -0.2) is 0 Å². The maximum Gasteiger partial charge on any atom is 0.160 e. The number of benzene rings is 9. The predicted octanol–water partition coefficient (Wildman–Crippen LogP) is 13.9. The van der Waals surface area contributed by atoms with E-state index in [1.165, 1.54) is 15.9 Å². The summed E-state index contributed by atoms with van der Waals surface area (Å²) in [6.07, 6.45) is 0. The molecule has 0 aromatic heterocycles. The minimum atomic E-state index is -2.86. The van der Waals surface area contributed by atoms with E-state index in [0.29, 0.717) is 0 Å². The lowest BCUT2D eigenvalue weighted by Gasteiger charge is -2.53. The molecule has 1 unspecified atom stereocenters. The Balaban J connectivity index is 1.27. The quantitative estimate of drug-likeness (QED) is 0.161. The third-order valence-corrected chi connectivity index (χ3v) is 17.3. The number of hydrogen-bond acceptors (Lipinski definition) is 5. The molecular formula is C54H34N3OPS. The molecule has 4 aliphatic rings. The third-order valence-electron chi connectivity index (χ3n) is 12.4. The van der Waals surface area contributed by atoms with Gasteiger partial charge in [0.2, 0.25) is 0 Å². The fraction of sp³-hybridized carbons (Fsp3) is 0. The van der Waals surface area contributed by atoms with Crippen LogP contribution in [0.5, 0.6) is 11.5 Å². The molecule has 0 N–H and O–H groups in total. The predicted molar refractivity (Wildman–Crippen MR) is 254 cm³/mol. The van der Waals surface area contributed by atoms with Crippen molar-refractivity contribution in [2.75, 3.05) is 14.7 Å². The fourth-order valence-corrected chi connectivity index (χ4v) is 15.2. The van der Waals surface area contributed by atoms with Crippen molar-refractivity contribution in [3.63, 3.8) is 0 Å². The Morgan fingerprint density at radius 3 is 1.25 bits per heavy atom. The van der Waals surface area contributed by atoms with Crippen LogP contribution in [-0.2, 0) is 11.8 Å². The maximum absolute atomic E-state index is 7.63. The Bertz CT molecular complexity index is 3230. The molecular weight excluding hydrogens is 770 g/mol. The van der Waals surface area contributed by atoms with Gasteiger partial charge in [-0.05, 0) is 94.5 Å². The molecule has 0 spiro atoms. The normalized spacial score (nSPS) is 15.8. The number of para-hydroxylation sites is 4. The summed E-state index contributed by atoms with van der Waals surface area (Å²) in [6, 6.07) is 71.4. The van der Waals surface area contributed by atoms with Crippen LogP contribution >= 0.6 is 6.04 Å². The van der Waals surface area contributed by atoms with Gasteiger partial charge in [0.1, 0.15) is 5.69 Å². The number of nitrogens with zero attached hydrogens (tertiary/aromatic N) is 3.